The number of nitrogens with zero attached hydrogens (tertiary/aromatic N) is 4. The highest BCUT2D eigenvalue weighted by Crippen LogP contribution is 2.40. The van der Waals surface area contributed by atoms with Crippen molar-refractivity contribution in [3.8, 4) is 17.1 Å². The van der Waals surface area contributed by atoms with Crippen LogP contribution in [-0.2, 0) is 11.3 Å². The van der Waals surface area contributed by atoms with Crippen LogP contribution in [0.2, 0.25) is 18.1 Å². The van der Waals surface area contributed by atoms with Crippen molar-refractivity contribution >= 4 is 53.0 Å². The first-order valence-corrected chi connectivity index (χ1v) is 16.6. The van der Waals surface area contributed by atoms with E-state index in [4.69, 9.17) is 9.16 Å². The number of rotatable bonds is 5. The van der Waals surface area contributed by atoms with Gasteiger partial charge in [0.1, 0.15) is 17.0 Å². The van der Waals surface area contributed by atoms with Crippen molar-refractivity contribution < 1.29 is 23.9 Å². The molecule has 0 amide bonds. The van der Waals surface area contributed by atoms with Gasteiger partial charge in [0.05, 0.1) is 21.4 Å². The first-order valence-electron chi connectivity index (χ1n) is 12.9. The lowest BCUT2D eigenvalue weighted by molar-refractivity contribution is 0.0523. The molecule has 1 N–H and O–H groups in total. The van der Waals surface area contributed by atoms with E-state index in [-0.39, 0.29) is 5.04 Å². The molecule has 0 saturated heterocycles. The lowest BCUT2D eigenvalue weighted by Gasteiger charge is -2.36. The van der Waals surface area contributed by atoms with Gasteiger partial charge in [-0.2, -0.15) is 9.78 Å². The summed E-state index contributed by atoms with van der Waals surface area (Å²) < 4.78 is 15.3. The number of carbonyl (C=O) groups excluding carboxylic acids is 1. The number of carboxylic acid groups (broad SMARTS) is 1. The Morgan fingerprint density at radius 3 is 2.28 bits per heavy atom. The molecule has 0 spiro atoms. The van der Waals surface area contributed by atoms with E-state index in [0.29, 0.717) is 34.7 Å². The molecule has 3 heterocycles. The Kier molecular flexibility index (Phi) is 7.24. The van der Waals surface area contributed by atoms with Gasteiger partial charge in [0, 0.05) is 22.9 Å². The fourth-order valence-electron chi connectivity index (χ4n) is 4.03. The third-order valence-corrected chi connectivity index (χ3v) is 12.3. The van der Waals surface area contributed by atoms with E-state index in [1.807, 2.05) is 37.2 Å². The first kappa shape index (κ1) is 28.8. The van der Waals surface area contributed by atoms with Crippen molar-refractivity contribution in [1.82, 2.24) is 19.2 Å². The third-order valence-electron chi connectivity index (χ3n) is 6.83. The molecule has 0 aliphatic heterocycles. The second-order valence-corrected chi connectivity index (χ2v) is 18.5. The van der Waals surface area contributed by atoms with Crippen molar-refractivity contribution in [2.75, 3.05) is 14.1 Å². The Labute approximate surface area is 234 Å². The summed E-state index contributed by atoms with van der Waals surface area (Å²) in [4.78, 5) is 28.8. The van der Waals surface area contributed by atoms with Crippen LogP contribution in [0.3, 0.4) is 0 Å². The summed E-state index contributed by atoms with van der Waals surface area (Å²) in [5.41, 5.74) is 1.17. The van der Waals surface area contributed by atoms with Gasteiger partial charge in [-0.15, -0.1) is 11.3 Å². The lowest BCUT2D eigenvalue weighted by atomic mass is 10.2. The molecule has 0 bridgehead atoms. The molecular formula is C28H38N4O5SSi. The number of fused-ring (bicyclic) bond motifs is 2. The van der Waals surface area contributed by atoms with Crippen molar-refractivity contribution in [2.24, 2.45) is 0 Å². The first-order chi connectivity index (χ1) is 17.9. The zero-order valence-electron chi connectivity index (χ0n) is 24.4. The molecule has 11 heteroatoms. The fourth-order valence-corrected chi connectivity index (χ4v) is 6.30. The second-order valence-electron chi connectivity index (χ2n) is 12.6. The fraction of sp³-hybridized carbons (Fsp3) is 0.464. The molecule has 0 aliphatic carbocycles. The molecule has 0 aliphatic rings. The van der Waals surface area contributed by atoms with E-state index in [2.05, 4.69) is 39.0 Å². The van der Waals surface area contributed by atoms with E-state index in [1.165, 1.54) is 20.6 Å². The molecule has 0 atom stereocenters. The van der Waals surface area contributed by atoms with E-state index < -0.39 is 26.1 Å². The van der Waals surface area contributed by atoms with E-state index in [1.54, 1.807) is 32.9 Å². The number of ether oxygens (including phenoxy) is 1. The quantitative estimate of drug-likeness (QED) is 0.248. The Morgan fingerprint density at radius 2 is 1.72 bits per heavy atom. The molecule has 39 heavy (non-hydrogen) atoms. The van der Waals surface area contributed by atoms with Crippen LogP contribution in [0, 0.1) is 0 Å². The van der Waals surface area contributed by atoms with E-state index >= 15 is 0 Å². The summed E-state index contributed by atoms with van der Waals surface area (Å²) in [6.45, 7) is 16.8. The number of hydrogen-bond acceptors (Lipinski definition) is 7. The lowest BCUT2D eigenvalue weighted by Crippen LogP contribution is -2.43. The number of thiophene rings is 1. The van der Waals surface area contributed by atoms with Crippen LogP contribution in [0.4, 0.5) is 9.59 Å². The van der Waals surface area contributed by atoms with Gasteiger partial charge in [0.25, 0.3) is 0 Å². The predicted octanol–water partition coefficient (Wildman–Crippen LogP) is 7.47. The normalized spacial score (nSPS) is 13.0. The highest BCUT2D eigenvalue weighted by molar-refractivity contribution is 7.19. The molecule has 0 radical (unpaired) electrons. The van der Waals surface area contributed by atoms with Gasteiger partial charge in [0.2, 0.25) is 8.32 Å². The van der Waals surface area contributed by atoms with Crippen LogP contribution < -0.4 is 4.43 Å². The largest absolute Gasteiger partial charge is 0.543 e. The average molecular weight is 571 g/mol. The summed E-state index contributed by atoms with van der Waals surface area (Å²) in [5.74, 6) is 0.634. The van der Waals surface area contributed by atoms with Crippen LogP contribution in [0.15, 0.2) is 30.3 Å². The number of carbonyl (C=O) groups is 2. The smallest absolute Gasteiger partial charge is 0.435 e. The van der Waals surface area contributed by atoms with Gasteiger partial charge < -0.3 is 19.2 Å². The van der Waals surface area contributed by atoms with Gasteiger partial charge in [-0.3, -0.25) is 0 Å². The second kappa shape index (κ2) is 9.79. The Bertz CT molecular complexity index is 1570. The molecule has 0 unspecified atom stereocenters. The van der Waals surface area contributed by atoms with Crippen molar-refractivity contribution in [3.05, 3.63) is 35.2 Å². The minimum absolute atomic E-state index is 0.00848. The van der Waals surface area contributed by atoms with Crippen LogP contribution in [0.5, 0.6) is 5.75 Å². The summed E-state index contributed by atoms with van der Waals surface area (Å²) in [6, 6.07) is 9.25. The van der Waals surface area contributed by atoms with Crippen molar-refractivity contribution in [2.45, 2.75) is 71.8 Å². The zero-order chi connectivity index (χ0) is 29.1. The molecule has 0 fully saturated rings. The SMILES string of the molecule is CN(C)Cc1cc2c(s1)c(-c1cc3ccc(O[Si](C)(C)C(C)(C)C)cc3n1C(=O)O)nn2C(=O)OC(C)(C)C. The molecule has 1 aromatic carbocycles. The predicted molar refractivity (Wildman–Crippen MR) is 159 cm³/mol. The van der Waals surface area contributed by atoms with Crippen LogP contribution >= 0.6 is 11.3 Å². The Hall–Kier alpha value is -3.15. The van der Waals surface area contributed by atoms with Gasteiger partial charge in [0.15, 0.2) is 0 Å². The molecule has 210 valence electrons. The topological polar surface area (TPSA) is 98.8 Å². The number of aromatic nitrogens is 3. The van der Waals surface area contributed by atoms with Crippen LogP contribution in [-0.4, -0.2) is 64.6 Å². The highest BCUT2D eigenvalue weighted by Gasteiger charge is 2.39. The molecule has 0 saturated carbocycles. The highest BCUT2D eigenvalue weighted by atomic mass is 32.1. The van der Waals surface area contributed by atoms with Crippen LogP contribution in [0.25, 0.3) is 32.5 Å². The maximum atomic E-state index is 13.1. The molecule has 9 nitrogen and oxygen atoms in total. The molecule has 4 aromatic rings. The minimum atomic E-state index is -2.14. The molecule has 4 rings (SSSR count). The number of benzene rings is 1. The zero-order valence-corrected chi connectivity index (χ0v) is 26.2. The minimum Gasteiger partial charge on any atom is -0.543 e. The maximum absolute atomic E-state index is 13.1. The summed E-state index contributed by atoms with van der Waals surface area (Å²) in [6.07, 6.45) is -1.76. The third kappa shape index (κ3) is 5.75. The van der Waals surface area contributed by atoms with E-state index in [9.17, 15) is 14.7 Å². The summed E-state index contributed by atoms with van der Waals surface area (Å²) in [5, 5.41) is 15.7. The Balaban J connectivity index is 1.92. The summed E-state index contributed by atoms with van der Waals surface area (Å²) >= 11 is 1.49. The van der Waals surface area contributed by atoms with Crippen LogP contribution in [0.1, 0.15) is 46.4 Å². The molecular weight excluding hydrogens is 532 g/mol. The average Bonchev–Trinajstić information content (AvgIpc) is 3.41. The molecule has 3 aromatic heterocycles. The van der Waals surface area contributed by atoms with Crippen molar-refractivity contribution in [1.29, 1.82) is 0 Å². The van der Waals surface area contributed by atoms with E-state index in [0.717, 1.165) is 15.0 Å². The number of hydrogen-bond donors (Lipinski definition) is 1. The van der Waals surface area contributed by atoms with Gasteiger partial charge in [-0.05, 0) is 77.3 Å². The standard InChI is InChI=1S/C28H38N4O5SSi/c1-27(2,3)36-26(35)32-22-15-19(16-30(7)8)38-24(22)23(29-32)21-13-17-11-12-18(14-20(17)31(21)25(33)34)37-39(9,10)28(4,5)6/h11-15H,16H2,1-10H3,(H,33,34). The van der Waals surface area contributed by atoms with Gasteiger partial charge in [-0.25, -0.2) is 14.2 Å². The summed E-state index contributed by atoms with van der Waals surface area (Å²) in [7, 11) is 1.80. The van der Waals surface area contributed by atoms with Gasteiger partial charge in [-0.1, -0.05) is 20.8 Å². The Morgan fingerprint density at radius 1 is 1.05 bits per heavy atom. The maximum Gasteiger partial charge on any atom is 0.435 e. The van der Waals surface area contributed by atoms with Gasteiger partial charge >= 0.3 is 12.2 Å². The van der Waals surface area contributed by atoms with Crippen molar-refractivity contribution in [3.63, 3.8) is 0 Å². The monoisotopic (exact) mass is 570 g/mol.